The molecule has 6 heteroatoms. The lowest BCUT2D eigenvalue weighted by atomic mass is 9.89. The number of ether oxygens (including phenoxy) is 1. The number of benzene rings is 1. The molecule has 25 heavy (non-hydrogen) atoms. The Morgan fingerprint density at radius 1 is 1.28 bits per heavy atom. The largest absolute Gasteiger partial charge is 0.455 e. The van der Waals surface area contributed by atoms with Gasteiger partial charge in [0.1, 0.15) is 5.01 Å². The Morgan fingerprint density at radius 3 is 2.72 bits per heavy atom. The van der Waals surface area contributed by atoms with Crippen molar-refractivity contribution < 1.29 is 14.3 Å². The molecule has 0 N–H and O–H groups in total. The number of esters is 1. The highest BCUT2D eigenvalue weighted by molar-refractivity contribution is 7.18. The van der Waals surface area contributed by atoms with E-state index in [1.54, 1.807) is 23.3 Å². The van der Waals surface area contributed by atoms with Crippen molar-refractivity contribution in [3.05, 3.63) is 29.3 Å². The number of rotatable bonds is 5. The number of carbonyl (C=O) groups excluding carboxylic acids is 2. The average Bonchev–Trinajstić information content (AvgIpc) is 3.09. The normalized spacial score (nSPS) is 16.6. The quantitative estimate of drug-likeness (QED) is 0.758. The van der Waals surface area contributed by atoms with E-state index in [1.807, 2.05) is 31.2 Å². The number of hydrogen-bond acceptors (Lipinski definition) is 5. The standard InChI is InChI=1S/C19H24N2O3S/c1-13(18-20-15-10-6-7-11-16(15)25-18)21(2)17(22)12-24-19(23)14-8-4-3-5-9-14/h6-7,10-11,13-14H,3-5,8-9,12H2,1-2H3/t13-/m0/s1. The van der Waals surface area contributed by atoms with Crippen molar-refractivity contribution in [3.8, 4) is 0 Å². The minimum absolute atomic E-state index is 0.0338. The van der Waals surface area contributed by atoms with E-state index >= 15 is 0 Å². The number of likely N-dealkylation sites (N-methyl/N-ethyl adjacent to an activating group) is 1. The fourth-order valence-corrected chi connectivity index (χ4v) is 4.20. The molecule has 1 saturated carbocycles. The van der Waals surface area contributed by atoms with Crippen LogP contribution in [-0.2, 0) is 14.3 Å². The van der Waals surface area contributed by atoms with Gasteiger partial charge in [-0.05, 0) is 31.9 Å². The third-order valence-corrected chi connectivity index (χ3v) is 6.13. The molecule has 1 aliphatic rings. The minimum Gasteiger partial charge on any atom is -0.455 e. The summed E-state index contributed by atoms with van der Waals surface area (Å²) in [4.78, 5) is 30.7. The van der Waals surface area contributed by atoms with Gasteiger partial charge in [0, 0.05) is 7.05 Å². The van der Waals surface area contributed by atoms with Gasteiger partial charge in [0.25, 0.3) is 5.91 Å². The van der Waals surface area contributed by atoms with E-state index < -0.39 is 0 Å². The molecular weight excluding hydrogens is 336 g/mol. The Balaban J connectivity index is 1.56. The first-order chi connectivity index (χ1) is 12.1. The predicted octanol–water partition coefficient (Wildman–Crippen LogP) is 3.94. The van der Waals surface area contributed by atoms with Crippen molar-refractivity contribution in [2.45, 2.75) is 45.1 Å². The summed E-state index contributed by atoms with van der Waals surface area (Å²) < 4.78 is 6.37. The van der Waals surface area contributed by atoms with Crippen molar-refractivity contribution in [3.63, 3.8) is 0 Å². The molecule has 1 aliphatic carbocycles. The topological polar surface area (TPSA) is 59.5 Å². The molecule has 0 aliphatic heterocycles. The molecule has 1 atom stereocenters. The van der Waals surface area contributed by atoms with Crippen LogP contribution >= 0.6 is 11.3 Å². The highest BCUT2D eigenvalue weighted by Crippen LogP contribution is 2.29. The first-order valence-electron chi connectivity index (χ1n) is 8.84. The number of aromatic nitrogens is 1. The number of hydrogen-bond donors (Lipinski definition) is 0. The van der Waals surface area contributed by atoms with Gasteiger partial charge >= 0.3 is 5.97 Å². The molecule has 1 heterocycles. The lowest BCUT2D eigenvalue weighted by Gasteiger charge is -2.24. The van der Waals surface area contributed by atoms with Gasteiger partial charge in [-0.3, -0.25) is 9.59 Å². The van der Waals surface area contributed by atoms with Crippen molar-refractivity contribution in [1.29, 1.82) is 0 Å². The number of thiazole rings is 1. The van der Waals surface area contributed by atoms with E-state index in [9.17, 15) is 9.59 Å². The molecule has 0 saturated heterocycles. The molecule has 5 nitrogen and oxygen atoms in total. The summed E-state index contributed by atoms with van der Waals surface area (Å²) in [5, 5.41) is 0.885. The summed E-state index contributed by atoms with van der Waals surface area (Å²) >= 11 is 1.59. The zero-order chi connectivity index (χ0) is 17.8. The number of fused-ring (bicyclic) bond motifs is 1. The van der Waals surface area contributed by atoms with Crippen LogP contribution in [0.5, 0.6) is 0 Å². The summed E-state index contributed by atoms with van der Waals surface area (Å²) in [5.74, 6) is -0.460. The van der Waals surface area contributed by atoms with Gasteiger partial charge in [-0.2, -0.15) is 0 Å². The zero-order valence-electron chi connectivity index (χ0n) is 14.7. The van der Waals surface area contributed by atoms with E-state index in [1.165, 1.54) is 6.42 Å². The molecule has 1 amide bonds. The molecule has 0 radical (unpaired) electrons. The summed E-state index contributed by atoms with van der Waals surface area (Å²) in [6, 6.07) is 7.77. The second kappa shape index (κ2) is 7.95. The van der Waals surface area contributed by atoms with E-state index in [4.69, 9.17) is 4.74 Å². The first-order valence-corrected chi connectivity index (χ1v) is 9.65. The predicted molar refractivity (Wildman–Crippen MR) is 98.3 cm³/mol. The highest BCUT2D eigenvalue weighted by Gasteiger charge is 2.25. The summed E-state index contributed by atoms with van der Waals surface area (Å²) in [6.45, 7) is 1.75. The lowest BCUT2D eigenvalue weighted by Crippen LogP contribution is -2.34. The van der Waals surface area contributed by atoms with Crippen molar-refractivity contribution in [1.82, 2.24) is 9.88 Å². The molecule has 134 valence electrons. The number of nitrogens with zero attached hydrogens (tertiary/aromatic N) is 2. The molecule has 0 bridgehead atoms. The van der Waals surface area contributed by atoms with Gasteiger partial charge in [-0.1, -0.05) is 31.4 Å². The second-order valence-corrected chi connectivity index (χ2v) is 7.71. The van der Waals surface area contributed by atoms with Crippen molar-refractivity contribution >= 4 is 33.4 Å². The van der Waals surface area contributed by atoms with E-state index in [0.29, 0.717) is 0 Å². The van der Waals surface area contributed by atoms with Gasteiger partial charge < -0.3 is 9.64 Å². The fourth-order valence-electron chi connectivity index (χ4n) is 3.14. The molecule has 0 spiro atoms. The smallest absolute Gasteiger partial charge is 0.309 e. The van der Waals surface area contributed by atoms with Gasteiger partial charge in [-0.25, -0.2) is 4.98 Å². The van der Waals surface area contributed by atoms with Crippen LogP contribution in [0.3, 0.4) is 0 Å². The maximum Gasteiger partial charge on any atom is 0.309 e. The summed E-state index contributed by atoms with van der Waals surface area (Å²) in [7, 11) is 1.73. The summed E-state index contributed by atoms with van der Waals surface area (Å²) in [5.41, 5.74) is 0.943. The Morgan fingerprint density at radius 2 is 2.00 bits per heavy atom. The van der Waals surface area contributed by atoms with Crippen LogP contribution in [0.15, 0.2) is 24.3 Å². The third-order valence-electron chi connectivity index (χ3n) is 4.92. The monoisotopic (exact) mass is 360 g/mol. The van der Waals surface area contributed by atoms with Crippen molar-refractivity contribution in [2.75, 3.05) is 13.7 Å². The molecule has 1 fully saturated rings. The summed E-state index contributed by atoms with van der Waals surface area (Å²) in [6.07, 6.45) is 5.09. The molecule has 1 aromatic carbocycles. The van der Waals surface area contributed by atoms with E-state index in [-0.39, 0.29) is 30.4 Å². The second-order valence-electron chi connectivity index (χ2n) is 6.64. The lowest BCUT2D eigenvalue weighted by molar-refractivity contribution is -0.156. The third kappa shape index (κ3) is 4.18. The van der Waals surface area contributed by atoms with Crippen molar-refractivity contribution in [2.24, 2.45) is 5.92 Å². The molecule has 3 rings (SSSR count). The number of para-hydroxylation sites is 1. The van der Waals surface area contributed by atoms with Crippen LogP contribution in [0.1, 0.15) is 50.1 Å². The average molecular weight is 360 g/mol. The van der Waals surface area contributed by atoms with Crippen LogP contribution in [-0.4, -0.2) is 35.4 Å². The highest BCUT2D eigenvalue weighted by atomic mass is 32.1. The maximum atomic E-state index is 12.4. The van der Waals surface area contributed by atoms with Crippen LogP contribution in [0.25, 0.3) is 10.2 Å². The van der Waals surface area contributed by atoms with Gasteiger partial charge in [0.05, 0.1) is 22.2 Å². The van der Waals surface area contributed by atoms with Gasteiger partial charge in [-0.15, -0.1) is 11.3 Å². The Kier molecular flexibility index (Phi) is 5.68. The van der Waals surface area contributed by atoms with E-state index in [0.717, 1.165) is 40.9 Å². The molecule has 0 unspecified atom stereocenters. The number of carbonyl (C=O) groups is 2. The maximum absolute atomic E-state index is 12.4. The van der Waals surface area contributed by atoms with Crippen LogP contribution < -0.4 is 0 Å². The molecule has 2 aromatic rings. The van der Waals surface area contributed by atoms with Crippen LogP contribution in [0.4, 0.5) is 0 Å². The minimum atomic E-state index is -0.228. The SMILES string of the molecule is C[C@@H](c1nc2ccccc2s1)N(C)C(=O)COC(=O)C1CCCCC1. The van der Waals surface area contributed by atoms with Crippen LogP contribution in [0, 0.1) is 5.92 Å². The fraction of sp³-hybridized carbons (Fsp3) is 0.526. The molecule has 1 aromatic heterocycles. The van der Waals surface area contributed by atoms with Crippen LogP contribution in [0.2, 0.25) is 0 Å². The zero-order valence-corrected chi connectivity index (χ0v) is 15.6. The molecular formula is C19H24N2O3S. The first kappa shape index (κ1) is 17.9. The van der Waals surface area contributed by atoms with Gasteiger partial charge in [0.2, 0.25) is 0 Å². The Labute approximate surface area is 152 Å². The number of amides is 1. The van der Waals surface area contributed by atoms with E-state index in [2.05, 4.69) is 4.98 Å². The Bertz CT molecular complexity index is 719. The Hall–Kier alpha value is -1.95. The van der Waals surface area contributed by atoms with Gasteiger partial charge in [0.15, 0.2) is 6.61 Å².